The molecule has 0 aliphatic rings. The van der Waals surface area contributed by atoms with Crippen molar-refractivity contribution in [3.8, 4) is 5.75 Å². The van der Waals surface area contributed by atoms with E-state index in [4.69, 9.17) is 4.74 Å². The van der Waals surface area contributed by atoms with Gasteiger partial charge in [0.25, 0.3) is 0 Å². The predicted molar refractivity (Wildman–Crippen MR) is 71.7 cm³/mol. The van der Waals surface area contributed by atoms with E-state index in [9.17, 15) is 0 Å². The van der Waals surface area contributed by atoms with Gasteiger partial charge in [-0.2, -0.15) is 5.10 Å². The summed E-state index contributed by atoms with van der Waals surface area (Å²) in [7, 11) is 5.60. The summed E-state index contributed by atoms with van der Waals surface area (Å²) in [6, 6.07) is 8.42. The maximum absolute atomic E-state index is 5.26. The maximum atomic E-state index is 5.26. The van der Waals surface area contributed by atoms with Crippen LogP contribution in [0.1, 0.15) is 17.2 Å². The van der Waals surface area contributed by atoms with Crippen LogP contribution in [0, 0.1) is 0 Å². The zero-order valence-corrected chi connectivity index (χ0v) is 11.1. The van der Waals surface area contributed by atoms with Crippen molar-refractivity contribution < 1.29 is 4.74 Å². The van der Waals surface area contributed by atoms with Crippen molar-refractivity contribution in [2.24, 2.45) is 7.05 Å². The second kappa shape index (κ2) is 5.69. The fourth-order valence-electron chi connectivity index (χ4n) is 2.06. The molecule has 0 aliphatic carbocycles. The van der Waals surface area contributed by atoms with Crippen molar-refractivity contribution >= 4 is 0 Å². The zero-order valence-electron chi connectivity index (χ0n) is 11.1. The molecule has 2 aromatic rings. The summed E-state index contributed by atoms with van der Waals surface area (Å²) in [5, 5.41) is 7.53. The van der Waals surface area contributed by atoms with Crippen LogP contribution in [-0.2, 0) is 13.5 Å². The van der Waals surface area contributed by atoms with Gasteiger partial charge in [0.2, 0.25) is 0 Å². The number of likely N-dealkylation sites (N-methyl/N-ethyl adjacent to an activating group) is 1. The Bertz CT molecular complexity index is 507. The van der Waals surface area contributed by atoms with Gasteiger partial charge >= 0.3 is 0 Å². The summed E-state index contributed by atoms with van der Waals surface area (Å²) in [6.45, 7) is 0. The molecule has 0 saturated heterocycles. The molecule has 4 nitrogen and oxygen atoms in total. The van der Waals surface area contributed by atoms with Gasteiger partial charge in [-0.15, -0.1) is 0 Å². The van der Waals surface area contributed by atoms with Gasteiger partial charge in [0.05, 0.1) is 13.3 Å². The largest absolute Gasteiger partial charge is 0.497 e. The van der Waals surface area contributed by atoms with E-state index in [1.807, 2.05) is 43.3 Å². The molecule has 0 radical (unpaired) electrons. The van der Waals surface area contributed by atoms with Crippen molar-refractivity contribution in [3.63, 3.8) is 0 Å². The van der Waals surface area contributed by atoms with E-state index in [1.165, 1.54) is 11.1 Å². The Hall–Kier alpha value is -1.81. The van der Waals surface area contributed by atoms with Gasteiger partial charge < -0.3 is 10.1 Å². The molecule has 4 heteroatoms. The Balaban J connectivity index is 2.17. The third-order valence-electron chi connectivity index (χ3n) is 3.04. The average molecular weight is 245 g/mol. The van der Waals surface area contributed by atoms with Crippen molar-refractivity contribution in [2.45, 2.75) is 12.5 Å². The van der Waals surface area contributed by atoms with Crippen molar-refractivity contribution in [1.29, 1.82) is 0 Å². The molecule has 1 unspecified atom stereocenters. The van der Waals surface area contributed by atoms with Crippen LogP contribution in [-0.4, -0.2) is 23.9 Å². The van der Waals surface area contributed by atoms with Gasteiger partial charge in [0.1, 0.15) is 5.75 Å². The van der Waals surface area contributed by atoms with Crippen LogP contribution in [0.2, 0.25) is 0 Å². The molecule has 0 spiro atoms. The molecule has 1 atom stereocenters. The van der Waals surface area contributed by atoms with Gasteiger partial charge in [-0.25, -0.2) is 0 Å². The van der Waals surface area contributed by atoms with Gasteiger partial charge in [0.15, 0.2) is 0 Å². The van der Waals surface area contributed by atoms with Crippen LogP contribution in [0.3, 0.4) is 0 Å². The van der Waals surface area contributed by atoms with Crippen molar-refractivity contribution in [3.05, 3.63) is 47.8 Å². The van der Waals surface area contributed by atoms with Crippen LogP contribution >= 0.6 is 0 Å². The average Bonchev–Trinajstić information content (AvgIpc) is 2.81. The zero-order chi connectivity index (χ0) is 13.0. The third-order valence-corrected chi connectivity index (χ3v) is 3.04. The number of hydrogen-bond acceptors (Lipinski definition) is 3. The lowest BCUT2D eigenvalue weighted by atomic mass is 10.0. The molecule has 96 valence electrons. The minimum Gasteiger partial charge on any atom is -0.497 e. The van der Waals surface area contributed by atoms with Crippen molar-refractivity contribution in [1.82, 2.24) is 15.1 Å². The molecular weight excluding hydrogens is 226 g/mol. The molecule has 0 bridgehead atoms. The SMILES string of the molecule is CNC(Cc1cnn(C)c1)c1cccc(OC)c1. The molecule has 0 fully saturated rings. The summed E-state index contributed by atoms with van der Waals surface area (Å²) in [6.07, 6.45) is 4.87. The highest BCUT2D eigenvalue weighted by Gasteiger charge is 2.11. The van der Waals surface area contributed by atoms with Gasteiger partial charge in [-0.1, -0.05) is 12.1 Å². The molecule has 1 heterocycles. The molecule has 0 saturated carbocycles. The first-order valence-corrected chi connectivity index (χ1v) is 6.01. The molecule has 1 aromatic carbocycles. The first-order chi connectivity index (χ1) is 8.72. The number of nitrogens with zero attached hydrogens (tertiary/aromatic N) is 2. The fraction of sp³-hybridized carbons (Fsp3) is 0.357. The first kappa shape index (κ1) is 12.6. The van der Waals surface area contributed by atoms with Gasteiger partial charge in [-0.05, 0) is 36.7 Å². The second-order valence-corrected chi connectivity index (χ2v) is 4.34. The Morgan fingerprint density at radius 2 is 2.28 bits per heavy atom. The van der Waals surface area contributed by atoms with E-state index >= 15 is 0 Å². The third kappa shape index (κ3) is 2.90. The Morgan fingerprint density at radius 3 is 2.89 bits per heavy atom. The van der Waals surface area contributed by atoms with E-state index in [2.05, 4.69) is 22.5 Å². The summed E-state index contributed by atoms with van der Waals surface area (Å²) in [5.41, 5.74) is 2.44. The van der Waals surface area contributed by atoms with Crippen LogP contribution < -0.4 is 10.1 Å². The summed E-state index contributed by atoms with van der Waals surface area (Å²) in [5.74, 6) is 0.888. The van der Waals surface area contributed by atoms with Crippen LogP contribution in [0.25, 0.3) is 0 Å². The molecule has 1 N–H and O–H groups in total. The molecular formula is C14H19N3O. The maximum Gasteiger partial charge on any atom is 0.119 e. The standard InChI is InChI=1S/C14H19N3O/c1-15-14(7-11-9-16-17(2)10-11)12-5-4-6-13(8-12)18-3/h4-6,8-10,14-15H,7H2,1-3H3. The summed E-state index contributed by atoms with van der Waals surface area (Å²) >= 11 is 0. The van der Waals surface area contributed by atoms with Crippen LogP contribution in [0.4, 0.5) is 0 Å². The number of aryl methyl sites for hydroxylation is 1. The van der Waals surface area contributed by atoms with E-state index in [0.29, 0.717) is 0 Å². The highest BCUT2D eigenvalue weighted by Crippen LogP contribution is 2.21. The fourth-order valence-corrected chi connectivity index (χ4v) is 2.06. The Morgan fingerprint density at radius 1 is 1.44 bits per heavy atom. The van der Waals surface area contributed by atoms with Gasteiger partial charge in [0, 0.05) is 19.3 Å². The second-order valence-electron chi connectivity index (χ2n) is 4.34. The van der Waals surface area contributed by atoms with Crippen LogP contribution in [0.15, 0.2) is 36.7 Å². The number of hydrogen-bond donors (Lipinski definition) is 1. The Labute approximate surface area is 108 Å². The highest BCUT2D eigenvalue weighted by atomic mass is 16.5. The first-order valence-electron chi connectivity index (χ1n) is 6.01. The molecule has 18 heavy (non-hydrogen) atoms. The smallest absolute Gasteiger partial charge is 0.119 e. The van der Waals surface area contributed by atoms with Crippen LogP contribution in [0.5, 0.6) is 5.75 Å². The molecule has 1 aromatic heterocycles. The quantitative estimate of drug-likeness (QED) is 0.875. The monoisotopic (exact) mass is 245 g/mol. The predicted octanol–water partition coefficient (Wildman–Crippen LogP) is 1.93. The number of benzene rings is 1. The lowest BCUT2D eigenvalue weighted by molar-refractivity contribution is 0.413. The number of aromatic nitrogens is 2. The number of ether oxygens (including phenoxy) is 1. The van der Waals surface area contributed by atoms with Gasteiger partial charge in [-0.3, -0.25) is 4.68 Å². The number of methoxy groups -OCH3 is 1. The van der Waals surface area contributed by atoms with E-state index in [-0.39, 0.29) is 6.04 Å². The molecule has 0 amide bonds. The van der Waals surface area contributed by atoms with E-state index in [1.54, 1.807) is 7.11 Å². The van der Waals surface area contributed by atoms with E-state index in [0.717, 1.165) is 12.2 Å². The minimum absolute atomic E-state index is 0.268. The minimum atomic E-state index is 0.268. The lowest BCUT2D eigenvalue weighted by Gasteiger charge is -2.16. The Kier molecular flexibility index (Phi) is 3.99. The molecule has 0 aliphatic heterocycles. The molecule has 2 rings (SSSR count). The number of nitrogens with one attached hydrogen (secondary N) is 1. The summed E-state index contributed by atoms with van der Waals surface area (Å²) in [4.78, 5) is 0. The summed E-state index contributed by atoms with van der Waals surface area (Å²) < 4.78 is 7.09. The lowest BCUT2D eigenvalue weighted by Crippen LogP contribution is -2.18. The topological polar surface area (TPSA) is 39.1 Å². The van der Waals surface area contributed by atoms with E-state index < -0.39 is 0 Å². The normalized spacial score (nSPS) is 12.4. The van der Waals surface area contributed by atoms with Crippen molar-refractivity contribution in [2.75, 3.05) is 14.2 Å². The highest BCUT2D eigenvalue weighted by molar-refractivity contribution is 5.31. The number of rotatable bonds is 5.